The maximum absolute atomic E-state index is 14.5. The molecule has 0 unspecified atom stereocenters. The summed E-state index contributed by atoms with van der Waals surface area (Å²) < 4.78 is 16.6. The van der Waals surface area contributed by atoms with Crippen LogP contribution in [0.4, 0.5) is 0 Å². The van der Waals surface area contributed by atoms with E-state index in [1.807, 2.05) is 12.1 Å². The van der Waals surface area contributed by atoms with E-state index in [0.29, 0.717) is 60.7 Å². The van der Waals surface area contributed by atoms with Crippen LogP contribution in [0.25, 0.3) is 32.3 Å². The molecule has 0 heterocycles. The van der Waals surface area contributed by atoms with Gasteiger partial charge in [-0.1, -0.05) is 88.4 Å². The summed E-state index contributed by atoms with van der Waals surface area (Å²) in [5.41, 5.74) is 4.58. The number of hydrogen-bond donors (Lipinski definition) is 0. The molecule has 0 saturated carbocycles. The molecule has 0 fully saturated rings. The molecule has 0 saturated heterocycles. The number of ketones is 3. The molecular formula is C60H52O9. The van der Waals surface area contributed by atoms with Crippen LogP contribution >= 0.6 is 0 Å². The Kier molecular flexibility index (Phi) is 13.5. The Hall–Kier alpha value is -8.04. The third-order valence-corrected chi connectivity index (χ3v) is 11.9. The predicted octanol–water partition coefficient (Wildman–Crippen LogP) is 13.4. The number of rotatable bonds is 14. The minimum absolute atomic E-state index is 0.122. The third kappa shape index (κ3) is 10.6. The monoisotopic (exact) mass is 916 g/mol. The molecule has 0 radical (unpaired) electrons. The molecule has 346 valence electrons. The van der Waals surface area contributed by atoms with Crippen molar-refractivity contribution in [2.45, 2.75) is 79.4 Å². The zero-order chi connectivity index (χ0) is 49.3. The molecule has 0 spiro atoms. The smallest absolute Gasteiger partial charge is 0.343 e. The molecule has 9 nitrogen and oxygen atoms in total. The minimum Gasteiger partial charge on any atom is -0.459 e. The van der Waals surface area contributed by atoms with Crippen LogP contribution in [0, 0.1) is 0 Å². The van der Waals surface area contributed by atoms with Crippen molar-refractivity contribution < 1.29 is 43.0 Å². The lowest BCUT2D eigenvalue weighted by molar-refractivity contribution is 0.0367. The minimum atomic E-state index is -0.503. The standard InChI is InChI=1S/C60H52O9/c1-33(2)49-27-50(34(3)4)32-54(31-49)69-60(66)48-20-14-39-23-45(17-11-42(39)26-48)57(63)53-29-51(55(61)43-15-9-40-24-46(18-12-37(40)21-43)58(64)67-35(5)6)28-52(30-53)56(62)44-16-10-41-25-47(19-13-38(41)22-44)59(65)68-36(7)8/h9-36H,1-8H3. The Labute approximate surface area is 401 Å². The highest BCUT2D eigenvalue weighted by Gasteiger charge is 2.22. The number of esters is 3. The number of hydrogen-bond acceptors (Lipinski definition) is 9. The van der Waals surface area contributed by atoms with Crippen LogP contribution in [0.15, 0.2) is 146 Å². The molecule has 8 aromatic carbocycles. The Morgan fingerprint density at radius 3 is 0.870 bits per heavy atom. The lowest BCUT2D eigenvalue weighted by Gasteiger charge is -2.14. The van der Waals surface area contributed by atoms with Gasteiger partial charge in [0.2, 0.25) is 0 Å². The van der Waals surface area contributed by atoms with Crippen molar-refractivity contribution in [3.05, 3.63) is 207 Å². The molecule has 0 aromatic heterocycles. The first kappa shape index (κ1) is 47.5. The molecule has 0 aliphatic rings. The Bertz CT molecular complexity index is 3230. The maximum Gasteiger partial charge on any atom is 0.343 e. The van der Waals surface area contributed by atoms with E-state index in [-0.39, 0.29) is 40.7 Å². The summed E-state index contributed by atoms with van der Waals surface area (Å²) >= 11 is 0. The molecule has 0 amide bonds. The van der Waals surface area contributed by atoms with Gasteiger partial charge in [-0.15, -0.1) is 0 Å². The second-order valence-corrected chi connectivity index (χ2v) is 18.6. The van der Waals surface area contributed by atoms with Gasteiger partial charge in [0.25, 0.3) is 0 Å². The highest BCUT2D eigenvalue weighted by molar-refractivity contribution is 6.18. The van der Waals surface area contributed by atoms with Crippen molar-refractivity contribution in [2.75, 3.05) is 0 Å². The van der Waals surface area contributed by atoms with Gasteiger partial charge in [0.1, 0.15) is 5.75 Å². The summed E-state index contributed by atoms with van der Waals surface area (Å²) in [6.07, 6.45) is -0.568. The first-order valence-corrected chi connectivity index (χ1v) is 23.1. The fourth-order valence-corrected chi connectivity index (χ4v) is 8.16. The first-order chi connectivity index (χ1) is 32.9. The zero-order valence-electron chi connectivity index (χ0n) is 39.8. The van der Waals surface area contributed by atoms with Gasteiger partial charge in [0.05, 0.1) is 28.9 Å². The number of carbonyl (C=O) groups excluding carboxylic acids is 6. The second kappa shape index (κ2) is 19.7. The van der Waals surface area contributed by atoms with Crippen LogP contribution in [0.2, 0.25) is 0 Å². The van der Waals surface area contributed by atoms with Gasteiger partial charge in [-0.3, -0.25) is 14.4 Å². The Morgan fingerprint density at radius 2 is 0.580 bits per heavy atom. The second-order valence-electron chi connectivity index (χ2n) is 18.6. The highest BCUT2D eigenvalue weighted by atomic mass is 16.5. The molecule has 0 atom stereocenters. The number of ether oxygens (including phenoxy) is 3. The summed E-state index contributed by atoms with van der Waals surface area (Å²) in [5, 5.41) is 4.26. The van der Waals surface area contributed by atoms with Crippen LogP contribution in [0.1, 0.15) is 157 Å². The lowest BCUT2D eigenvalue weighted by atomic mass is 9.91. The fraction of sp³-hybridized carbons (Fsp3) is 0.200. The van der Waals surface area contributed by atoms with E-state index in [1.54, 1.807) is 137 Å². The average molecular weight is 917 g/mol. The van der Waals surface area contributed by atoms with Crippen molar-refractivity contribution in [2.24, 2.45) is 0 Å². The third-order valence-electron chi connectivity index (χ3n) is 11.9. The van der Waals surface area contributed by atoms with Crippen LogP contribution in [0.5, 0.6) is 5.75 Å². The molecular weight excluding hydrogens is 865 g/mol. The number of benzene rings is 8. The summed E-state index contributed by atoms with van der Waals surface area (Å²) in [7, 11) is 0. The van der Waals surface area contributed by atoms with Gasteiger partial charge >= 0.3 is 17.9 Å². The molecule has 8 aromatic rings. The molecule has 0 aliphatic carbocycles. The van der Waals surface area contributed by atoms with Crippen LogP contribution < -0.4 is 4.74 Å². The molecule has 0 N–H and O–H groups in total. The van der Waals surface area contributed by atoms with Crippen molar-refractivity contribution in [3.63, 3.8) is 0 Å². The van der Waals surface area contributed by atoms with Crippen LogP contribution in [0.3, 0.4) is 0 Å². The van der Waals surface area contributed by atoms with Gasteiger partial charge in [0, 0.05) is 33.4 Å². The SMILES string of the molecule is CC(C)OC(=O)c1ccc2cc(C(=O)c3cc(C(=O)c4ccc5cc(C(=O)Oc6cc(C(C)C)cc(C(C)C)c6)ccc5c4)cc(C(=O)c4ccc5cc(C(=O)OC(C)C)ccc5c4)c3)ccc2c1. The van der Waals surface area contributed by atoms with Gasteiger partial charge in [0.15, 0.2) is 17.3 Å². The number of carbonyl (C=O) groups is 6. The van der Waals surface area contributed by atoms with Crippen molar-refractivity contribution in [3.8, 4) is 5.75 Å². The van der Waals surface area contributed by atoms with Gasteiger partial charge in [-0.05, 0) is 168 Å². The van der Waals surface area contributed by atoms with Crippen molar-refractivity contribution >= 4 is 67.6 Å². The summed E-state index contributed by atoms with van der Waals surface area (Å²) in [6, 6.07) is 41.1. The van der Waals surface area contributed by atoms with Crippen molar-refractivity contribution in [1.29, 1.82) is 0 Å². The van der Waals surface area contributed by atoms with E-state index in [1.165, 1.54) is 18.2 Å². The fourth-order valence-electron chi connectivity index (χ4n) is 8.16. The van der Waals surface area contributed by atoms with Crippen molar-refractivity contribution in [1.82, 2.24) is 0 Å². The quantitative estimate of drug-likeness (QED) is 0.0594. The normalized spacial score (nSPS) is 11.5. The Balaban J connectivity index is 1.13. The molecule has 0 aliphatic heterocycles. The Morgan fingerprint density at radius 1 is 0.304 bits per heavy atom. The highest BCUT2D eigenvalue weighted by Crippen LogP contribution is 2.30. The van der Waals surface area contributed by atoms with E-state index >= 15 is 0 Å². The van der Waals surface area contributed by atoms with E-state index in [2.05, 4.69) is 33.8 Å². The van der Waals surface area contributed by atoms with Gasteiger partial charge < -0.3 is 14.2 Å². The largest absolute Gasteiger partial charge is 0.459 e. The summed E-state index contributed by atoms with van der Waals surface area (Å²) in [6.45, 7) is 15.5. The molecule has 0 bridgehead atoms. The lowest BCUT2D eigenvalue weighted by Crippen LogP contribution is -2.12. The van der Waals surface area contributed by atoms with E-state index in [4.69, 9.17) is 14.2 Å². The van der Waals surface area contributed by atoms with Gasteiger partial charge in [-0.25, -0.2) is 14.4 Å². The summed E-state index contributed by atoms with van der Waals surface area (Å²) in [5.74, 6) is -1.68. The zero-order valence-corrected chi connectivity index (χ0v) is 39.8. The molecule has 69 heavy (non-hydrogen) atoms. The molecule has 9 heteroatoms. The van der Waals surface area contributed by atoms with E-state index in [0.717, 1.165) is 21.9 Å². The first-order valence-electron chi connectivity index (χ1n) is 23.1. The van der Waals surface area contributed by atoms with Gasteiger partial charge in [-0.2, -0.15) is 0 Å². The summed E-state index contributed by atoms with van der Waals surface area (Å²) in [4.78, 5) is 82.1. The molecule has 8 rings (SSSR count). The topological polar surface area (TPSA) is 130 Å². The van der Waals surface area contributed by atoms with E-state index < -0.39 is 35.3 Å². The van der Waals surface area contributed by atoms with Crippen LogP contribution in [-0.4, -0.2) is 47.5 Å². The average Bonchev–Trinajstić information content (AvgIpc) is 3.33. The van der Waals surface area contributed by atoms with Crippen LogP contribution in [-0.2, 0) is 9.47 Å². The van der Waals surface area contributed by atoms with E-state index in [9.17, 15) is 28.8 Å². The number of fused-ring (bicyclic) bond motifs is 3. The predicted molar refractivity (Wildman–Crippen MR) is 269 cm³/mol. The maximum atomic E-state index is 14.5.